The van der Waals surface area contributed by atoms with E-state index in [0.29, 0.717) is 6.04 Å². The van der Waals surface area contributed by atoms with Gasteiger partial charge in [0.1, 0.15) is 5.82 Å². The fraction of sp³-hybridized carbons (Fsp3) is 0.571. The van der Waals surface area contributed by atoms with Gasteiger partial charge in [0.25, 0.3) is 0 Å². The van der Waals surface area contributed by atoms with Gasteiger partial charge in [-0.2, -0.15) is 0 Å². The number of hydrogen-bond acceptors (Lipinski definition) is 5. The van der Waals surface area contributed by atoms with Gasteiger partial charge in [0.15, 0.2) is 11.5 Å². The topological polar surface area (TPSA) is 48.7 Å². The summed E-state index contributed by atoms with van der Waals surface area (Å²) in [4.78, 5) is 13.9. The van der Waals surface area contributed by atoms with Gasteiger partial charge in [0, 0.05) is 44.6 Å². The van der Waals surface area contributed by atoms with Gasteiger partial charge in [-0.15, -0.1) is 0 Å². The number of rotatable bonds is 3. The average molecular weight is 274 g/mol. The maximum atomic E-state index is 4.76. The van der Waals surface area contributed by atoms with E-state index in [4.69, 9.17) is 4.98 Å². The van der Waals surface area contributed by atoms with E-state index >= 15 is 0 Å². The van der Waals surface area contributed by atoms with Crippen LogP contribution < -0.4 is 10.2 Å². The van der Waals surface area contributed by atoms with Crippen molar-refractivity contribution < 1.29 is 0 Å². The first-order valence-corrected chi connectivity index (χ1v) is 7.21. The lowest BCUT2D eigenvalue weighted by atomic mass is 10.2. The second-order valence-electron chi connectivity index (χ2n) is 5.41. The molecule has 0 spiro atoms. The van der Waals surface area contributed by atoms with E-state index in [0.717, 1.165) is 43.5 Å². The number of aromatic nitrogens is 3. The Balaban J connectivity index is 1.98. The molecule has 2 aromatic heterocycles. The molecule has 3 heterocycles. The standard InChI is InChI=1S/C14H22N6/c1-4-15-12-10-19-6-5-16-13(19)14(17-12)20-8-7-18(3)11(2)9-20/h5-6,10-11,15H,4,7-9H2,1-3H3. The Kier molecular flexibility index (Phi) is 3.48. The molecular weight excluding hydrogens is 252 g/mol. The van der Waals surface area contributed by atoms with Crippen molar-refractivity contribution in [3.8, 4) is 0 Å². The van der Waals surface area contributed by atoms with Gasteiger partial charge in [-0.1, -0.05) is 0 Å². The Bertz CT molecular complexity index is 592. The zero-order chi connectivity index (χ0) is 14.1. The maximum Gasteiger partial charge on any atom is 0.180 e. The summed E-state index contributed by atoms with van der Waals surface area (Å²) in [5.41, 5.74) is 0.934. The van der Waals surface area contributed by atoms with Crippen molar-refractivity contribution in [1.29, 1.82) is 0 Å². The number of piperazine rings is 1. The third-order valence-electron chi connectivity index (χ3n) is 3.97. The van der Waals surface area contributed by atoms with Crippen molar-refractivity contribution in [2.45, 2.75) is 19.9 Å². The van der Waals surface area contributed by atoms with Crippen LogP contribution in [0.25, 0.3) is 5.65 Å². The third kappa shape index (κ3) is 2.31. The maximum absolute atomic E-state index is 4.76. The molecule has 1 aliphatic rings. The Hall–Kier alpha value is -1.82. The van der Waals surface area contributed by atoms with Crippen molar-refractivity contribution in [1.82, 2.24) is 19.3 Å². The number of imidazole rings is 1. The Labute approximate surface area is 119 Å². The van der Waals surface area contributed by atoms with Crippen LogP contribution in [0.3, 0.4) is 0 Å². The van der Waals surface area contributed by atoms with Crippen LogP contribution in [0, 0.1) is 0 Å². The molecule has 3 rings (SSSR count). The van der Waals surface area contributed by atoms with Gasteiger partial charge in [-0.05, 0) is 20.9 Å². The highest BCUT2D eigenvalue weighted by Gasteiger charge is 2.24. The van der Waals surface area contributed by atoms with Gasteiger partial charge in [0.05, 0.1) is 6.20 Å². The number of hydrogen-bond donors (Lipinski definition) is 1. The molecule has 1 atom stereocenters. The Morgan fingerprint density at radius 3 is 3.00 bits per heavy atom. The minimum atomic E-state index is 0.531. The first-order chi connectivity index (χ1) is 9.69. The summed E-state index contributed by atoms with van der Waals surface area (Å²) in [5.74, 6) is 1.88. The molecule has 20 heavy (non-hydrogen) atoms. The molecular formula is C14H22N6. The monoisotopic (exact) mass is 274 g/mol. The summed E-state index contributed by atoms with van der Waals surface area (Å²) in [6.07, 6.45) is 5.80. The predicted molar refractivity (Wildman–Crippen MR) is 81.5 cm³/mol. The molecule has 6 heteroatoms. The summed E-state index contributed by atoms with van der Waals surface area (Å²) < 4.78 is 2.04. The van der Waals surface area contributed by atoms with Gasteiger partial charge in [-0.25, -0.2) is 9.97 Å². The number of anilines is 2. The molecule has 1 aliphatic heterocycles. The summed E-state index contributed by atoms with van der Waals surface area (Å²) in [5, 5.41) is 3.29. The second kappa shape index (κ2) is 5.28. The van der Waals surface area contributed by atoms with Crippen molar-refractivity contribution >= 4 is 17.3 Å². The van der Waals surface area contributed by atoms with E-state index in [1.807, 2.05) is 23.0 Å². The minimum Gasteiger partial charge on any atom is -0.369 e. The lowest BCUT2D eigenvalue weighted by Crippen LogP contribution is -2.50. The first kappa shape index (κ1) is 13.2. The molecule has 0 aliphatic carbocycles. The summed E-state index contributed by atoms with van der Waals surface area (Å²) in [7, 11) is 2.18. The van der Waals surface area contributed by atoms with E-state index in [2.05, 4.69) is 41.0 Å². The van der Waals surface area contributed by atoms with Crippen molar-refractivity contribution in [2.24, 2.45) is 0 Å². The van der Waals surface area contributed by atoms with E-state index in [9.17, 15) is 0 Å². The molecule has 0 saturated carbocycles. The summed E-state index contributed by atoms with van der Waals surface area (Å²) in [6, 6.07) is 0.531. The van der Waals surface area contributed by atoms with Crippen LogP contribution in [-0.4, -0.2) is 58.5 Å². The fourth-order valence-corrected chi connectivity index (χ4v) is 2.63. The second-order valence-corrected chi connectivity index (χ2v) is 5.41. The number of likely N-dealkylation sites (N-methyl/N-ethyl adjacent to an activating group) is 1. The van der Waals surface area contributed by atoms with Gasteiger partial charge >= 0.3 is 0 Å². The minimum absolute atomic E-state index is 0.531. The first-order valence-electron chi connectivity index (χ1n) is 7.21. The smallest absolute Gasteiger partial charge is 0.180 e. The quantitative estimate of drug-likeness (QED) is 0.914. The number of nitrogens with zero attached hydrogens (tertiary/aromatic N) is 5. The molecule has 0 amide bonds. The predicted octanol–water partition coefficient (Wildman–Crippen LogP) is 1.30. The molecule has 1 fully saturated rings. The summed E-state index contributed by atoms with van der Waals surface area (Å²) >= 11 is 0. The highest BCUT2D eigenvalue weighted by Crippen LogP contribution is 2.23. The van der Waals surface area contributed by atoms with E-state index in [1.165, 1.54) is 0 Å². The number of nitrogens with one attached hydrogen (secondary N) is 1. The van der Waals surface area contributed by atoms with Crippen LogP contribution in [0.4, 0.5) is 11.6 Å². The Morgan fingerprint density at radius 2 is 2.25 bits per heavy atom. The highest BCUT2D eigenvalue weighted by atomic mass is 15.3. The molecule has 1 saturated heterocycles. The molecule has 0 bridgehead atoms. The fourth-order valence-electron chi connectivity index (χ4n) is 2.63. The van der Waals surface area contributed by atoms with E-state index in [1.54, 1.807) is 0 Å². The SMILES string of the molecule is CCNc1cn2ccnc2c(N2CCN(C)C(C)C2)n1. The van der Waals surface area contributed by atoms with Crippen LogP contribution >= 0.6 is 0 Å². The van der Waals surface area contributed by atoms with Gasteiger partial charge < -0.3 is 19.5 Å². The van der Waals surface area contributed by atoms with Crippen LogP contribution in [0.1, 0.15) is 13.8 Å². The Morgan fingerprint density at radius 1 is 1.40 bits per heavy atom. The van der Waals surface area contributed by atoms with Crippen molar-refractivity contribution in [3.63, 3.8) is 0 Å². The van der Waals surface area contributed by atoms with Crippen molar-refractivity contribution in [2.75, 3.05) is 43.4 Å². The molecule has 108 valence electrons. The van der Waals surface area contributed by atoms with Gasteiger partial charge in [0.2, 0.25) is 0 Å². The van der Waals surface area contributed by atoms with Gasteiger partial charge in [-0.3, -0.25) is 0 Å². The van der Waals surface area contributed by atoms with E-state index in [-0.39, 0.29) is 0 Å². The highest BCUT2D eigenvalue weighted by molar-refractivity contribution is 5.67. The average Bonchev–Trinajstić information content (AvgIpc) is 2.89. The molecule has 1 N–H and O–H groups in total. The third-order valence-corrected chi connectivity index (χ3v) is 3.97. The molecule has 1 unspecified atom stereocenters. The van der Waals surface area contributed by atoms with Crippen LogP contribution in [0.15, 0.2) is 18.6 Å². The largest absolute Gasteiger partial charge is 0.369 e. The zero-order valence-electron chi connectivity index (χ0n) is 12.4. The summed E-state index contributed by atoms with van der Waals surface area (Å²) in [6.45, 7) is 8.24. The normalized spacial score (nSPS) is 20.6. The van der Waals surface area contributed by atoms with Crippen LogP contribution in [0.5, 0.6) is 0 Å². The van der Waals surface area contributed by atoms with Crippen molar-refractivity contribution in [3.05, 3.63) is 18.6 Å². The lowest BCUT2D eigenvalue weighted by molar-refractivity contribution is 0.233. The zero-order valence-corrected chi connectivity index (χ0v) is 12.4. The van der Waals surface area contributed by atoms with E-state index < -0.39 is 0 Å². The molecule has 0 radical (unpaired) electrons. The lowest BCUT2D eigenvalue weighted by Gasteiger charge is -2.38. The number of fused-ring (bicyclic) bond motifs is 1. The van der Waals surface area contributed by atoms with Crippen LogP contribution in [-0.2, 0) is 0 Å². The molecule has 6 nitrogen and oxygen atoms in total. The molecule has 2 aromatic rings. The molecule has 0 aromatic carbocycles. The van der Waals surface area contributed by atoms with Crippen LogP contribution in [0.2, 0.25) is 0 Å².